The van der Waals surface area contributed by atoms with E-state index in [2.05, 4.69) is 22.1 Å². The second-order valence-corrected chi connectivity index (χ2v) is 5.08. The third-order valence-corrected chi connectivity index (χ3v) is 3.15. The van der Waals surface area contributed by atoms with Crippen molar-refractivity contribution in [1.82, 2.24) is 10.2 Å². The molecule has 0 aromatic heterocycles. The van der Waals surface area contributed by atoms with Gasteiger partial charge in [-0.15, -0.1) is 0 Å². The minimum absolute atomic E-state index is 0.113. The summed E-state index contributed by atoms with van der Waals surface area (Å²) in [7, 11) is 3.80. The van der Waals surface area contributed by atoms with Gasteiger partial charge in [-0.3, -0.25) is 9.79 Å². The number of nitrogens with two attached hydrogens (primary N) is 1. The first kappa shape index (κ1) is 17.8. The van der Waals surface area contributed by atoms with E-state index in [0.29, 0.717) is 12.3 Å². The highest BCUT2D eigenvalue weighted by Crippen LogP contribution is 2.13. The number of hydrogen-bond acceptors (Lipinski definition) is 3. The van der Waals surface area contributed by atoms with E-state index < -0.39 is 5.91 Å². The molecular formula is C16H26N4O2. The number of ether oxygens (including phenoxy) is 1. The van der Waals surface area contributed by atoms with E-state index in [1.54, 1.807) is 13.1 Å². The van der Waals surface area contributed by atoms with Gasteiger partial charge in [0.1, 0.15) is 5.75 Å². The van der Waals surface area contributed by atoms with Crippen molar-refractivity contribution in [3.8, 4) is 5.75 Å². The summed E-state index contributed by atoms with van der Waals surface area (Å²) in [6, 6.07) is 7.56. The van der Waals surface area contributed by atoms with Crippen LogP contribution in [0.1, 0.15) is 25.3 Å². The van der Waals surface area contributed by atoms with Crippen LogP contribution in [-0.2, 0) is 11.3 Å². The molecule has 0 unspecified atom stereocenters. The molecular weight excluding hydrogens is 280 g/mol. The highest BCUT2D eigenvalue weighted by atomic mass is 16.5. The summed E-state index contributed by atoms with van der Waals surface area (Å²) in [4.78, 5) is 17.1. The number of primary amides is 1. The van der Waals surface area contributed by atoms with E-state index >= 15 is 0 Å². The maximum atomic E-state index is 10.7. The van der Waals surface area contributed by atoms with E-state index in [9.17, 15) is 4.79 Å². The number of benzene rings is 1. The molecule has 1 amide bonds. The molecule has 1 aromatic carbocycles. The Bertz CT molecular complexity index is 503. The average molecular weight is 306 g/mol. The van der Waals surface area contributed by atoms with Crippen LogP contribution in [-0.4, -0.2) is 44.0 Å². The van der Waals surface area contributed by atoms with Crippen molar-refractivity contribution < 1.29 is 9.53 Å². The molecule has 22 heavy (non-hydrogen) atoms. The van der Waals surface area contributed by atoms with Crippen LogP contribution < -0.4 is 15.8 Å². The lowest BCUT2D eigenvalue weighted by Crippen LogP contribution is -2.38. The number of amides is 1. The van der Waals surface area contributed by atoms with E-state index in [-0.39, 0.29) is 6.61 Å². The summed E-state index contributed by atoms with van der Waals surface area (Å²) in [5, 5.41) is 3.32. The first-order valence-electron chi connectivity index (χ1n) is 7.48. The zero-order chi connectivity index (χ0) is 16.4. The minimum Gasteiger partial charge on any atom is -0.484 e. The largest absolute Gasteiger partial charge is 0.484 e. The molecule has 0 atom stereocenters. The zero-order valence-electron chi connectivity index (χ0n) is 13.6. The second kappa shape index (κ2) is 9.65. The van der Waals surface area contributed by atoms with Crippen LogP contribution >= 0.6 is 0 Å². The molecule has 0 aliphatic rings. The lowest BCUT2D eigenvalue weighted by atomic mass is 10.2. The number of nitrogens with one attached hydrogen (secondary N) is 1. The maximum Gasteiger partial charge on any atom is 0.255 e. The summed E-state index contributed by atoms with van der Waals surface area (Å²) >= 11 is 0. The van der Waals surface area contributed by atoms with E-state index in [0.717, 1.165) is 30.9 Å². The Balaban J connectivity index is 2.55. The Morgan fingerprint density at radius 3 is 2.86 bits per heavy atom. The van der Waals surface area contributed by atoms with Gasteiger partial charge in [-0.25, -0.2) is 0 Å². The standard InChI is InChI=1S/C16H26N4O2/c1-4-5-9-20(3)16(18-2)19-11-13-7-6-8-14(10-13)22-12-15(17)21/h6-8,10H,4-5,9,11-12H2,1-3H3,(H2,17,21)(H,18,19). The van der Waals surface area contributed by atoms with Crippen molar-refractivity contribution >= 4 is 11.9 Å². The van der Waals surface area contributed by atoms with Gasteiger partial charge >= 0.3 is 0 Å². The normalized spacial score (nSPS) is 11.1. The first-order chi connectivity index (χ1) is 10.6. The van der Waals surface area contributed by atoms with Crippen molar-refractivity contribution in [2.45, 2.75) is 26.3 Å². The monoisotopic (exact) mass is 306 g/mol. The summed E-state index contributed by atoms with van der Waals surface area (Å²) in [6.07, 6.45) is 2.29. The molecule has 0 spiro atoms. The molecule has 0 radical (unpaired) electrons. The van der Waals surface area contributed by atoms with Crippen LogP contribution in [0, 0.1) is 0 Å². The topological polar surface area (TPSA) is 79.9 Å². The number of carbonyl (C=O) groups excluding carboxylic acids is 1. The highest BCUT2D eigenvalue weighted by Gasteiger charge is 2.05. The Kier molecular flexibility index (Phi) is 7.81. The summed E-state index contributed by atoms with van der Waals surface area (Å²) in [5.74, 6) is 1.01. The SMILES string of the molecule is CCCCN(C)C(=NC)NCc1cccc(OCC(N)=O)c1. The molecule has 3 N–H and O–H groups in total. The van der Waals surface area contributed by atoms with Gasteiger partial charge in [0, 0.05) is 27.2 Å². The molecule has 1 rings (SSSR count). The van der Waals surface area contributed by atoms with E-state index in [1.807, 2.05) is 25.2 Å². The minimum atomic E-state index is -0.485. The van der Waals surface area contributed by atoms with Crippen LogP contribution in [0.3, 0.4) is 0 Å². The lowest BCUT2D eigenvalue weighted by Gasteiger charge is -2.22. The fourth-order valence-corrected chi connectivity index (χ4v) is 1.97. The van der Waals surface area contributed by atoms with Gasteiger partial charge in [-0.05, 0) is 24.1 Å². The smallest absolute Gasteiger partial charge is 0.255 e. The number of hydrogen-bond donors (Lipinski definition) is 2. The van der Waals surface area contributed by atoms with Gasteiger partial charge in [0.05, 0.1) is 0 Å². The van der Waals surface area contributed by atoms with Crippen LogP contribution in [0.15, 0.2) is 29.3 Å². The van der Waals surface area contributed by atoms with Crippen LogP contribution in [0.25, 0.3) is 0 Å². The predicted molar refractivity (Wildman–Crippen MR) is 88.9 cm³/mol. The number of unbranched alkanes of at least 4 members (excludes halogenated alkanes) is 1. The highest BCUT2D eigenvalue weighted by molar-refractivity contribution is 5.79. The third kappa shape index (κ3) is 6.47. The van der Waals surface area contributed by atoms with Crippen molar-refractivity contribution in [1.29, 1.82) is 0 Å². The maximum absolute atomic E-state index is 10.7. The van der Waals surface area contributed by atoms with Gasteiger partial charge in [0.25, 0.3) is 5.91 Å². The van der Waals surface area contributed by atoms with Gasteiger partial charge in [-0.1, -0.05) is 25.5 Å². The number of rotatable bonds is 8. The number of aliphatic imine (C=N–C) groups is 1. The fourth-order valence-electron chi connectivity index (χ4n) is 1.97. The Morgan fingerprint density at radius 1 is 1.45 bits per heavy atom. The van der Waals surface area contributed by atoms with Crippen LogP contribution in [0.4, 0.5) is 0 Å². The van der Waals surface area contributed by atoms with Crippen molar-refractivity contribution in [2.75, 3.05) is 27.2 Å². The van der Waals surface area contributed by atoms with E-state index in [1.165, 1.54) is 0 Å². The van der Waals surface area contributed by atoms with Crippen molar-refractivity contribution in [3.05, 3.63) is 29.8 Å². The van der Waals surface area contributed by atoms with Gasteiger partial charge in [-0.2, -0.15) is 0 Å². The van der Waals surface area contributed by atoms with E-state index in [4.69, 9.17) is 10.5 Å². The number of nitrogens with zero attached hydrogens (tertiary/aromatic N) is 2. The van der Waals surface area contributed by atoms with Crippen molar-refractivity contribution in [3.63, 3.8) is 0 Å². The molecule has 6 heteroatoms. The summed E-state index contributed by atoms with van der Waals surface area (Å²) in [6.45, 7) is 3.66. The fraction of sp³-hybridized carbons (Fsp3) is 0.500. The molecule has 0 saturated heterocycles. The molecule has 0 heterocycles. The third-order valence-electron chi connectivity index (χ3n) is 3.15. The molecule has 0 saturated carbocycles. The molecule has 0 bridgehead atoms. The average Bonchev–Trinajstić information content (AvgIpc) is 2.52. The number of carbonyl (C=O) groups is 1. The molecule has 6 nitrogen and oxygen atoms in total. The summed E-state index contributed by atoms with van der Waals surface area (Å²) < 4.78 is 5.30. The second-order valence-electron chi connectivity index (χ2n) is 5.08. The zero-order valence-corrected chi connectivity index (χ0v) is 13.6. The predicted octanol–water partition coefficient (Wildman–Crippen LogP) is 1.36. The number of guanidine groups is 1. The van der Waals surface area contributed by atoms with Gasteiger partial charge in [0.2, 0.25) is 0 Å². The summed E-state index contributed by atoms with van der Waals surface area (Å²) in [5.41, 5.74) is 6.12. The quantitative estimate of drug-likeness (QED) is 0.561. The molecule has 0 aliphatic heterocycles. The van der Waals surface area contributed by atoms with Crippen molar-refractivity contribution in [2.24, 2.45) is 10.7 Å². The van der Waals surface area contributed by atoms with Gasteiger partial charge in [0.15, 0.2) is 12.6 Å². The van der Waals surface area contributed by atoms with Crippen LogP contribution in [0.2, 0.25) is 0 Å². The molecule has 0 aliphatic carbocycles. The molecule has 122 valence electrons. The Labute approximate surface area is 132 Å². The lowest BCUT2D eigenvalue weighted by molar-refractivity contribution is -0.119. The Hall–Kier alpha value is -2.24. The van der Waals surface area contributed by atoms with Gasteiger partial charge < -0.3 is 20.7 Å². The first-order valence-corrected chi connectivity index (χ1v) is 7.48. The molecule has 0 fully saturated rings. The molecule has 1 aromatic rings. The Morgan fingerprint density at radius 2 is 2.23 bits per heavy atom. The van der Waals surface area contributed by atoms with Crippen LogP contribution in [0.5, 0.6) is 5.75 Å².